The topological polar surface area (TPSA) is 196 Å². The Kier molecular flexibility index (Phi) is 15.7. The van der Waals surface area contributed by atoms with Gasteiger partial charge in [-0.2, -0.15) is 0 Å². The molecule has 0 saturated carbocycles. The van der Waals surface area contributed by atoms with Crippen LogP contribution in [0.1, 0.15) is 0 Å². The van der Waals surface area contributed by atoms with Gasteiger partial charge in [0.1, 0.15) is 0 Å². The molecule has 0 aliphatic heterocycles. The summed E-state index contributed by atoms with van der Waals surface area (Å²) in [5.74, 6) is -6.16. The van der Waals surface area contributed by atoms with E-state index in [1.54, 1.807) is 0 Å². The molecule has 0 aromatic carbocycles. The third-order valence-electron chi connectivity index (χ3n) is 3.26. The van der Waals surface area contributed by atoms with Gasteiger partial charge in [0, 0.05) is 26.2 Å². The van der Waals surface area contributed by atoms with Crippen LogP contribution >= 0.6 is 0 Å². The van der Waals surface area contributed by atoms with Crippen molar-refractivity contribution < 1.29 is 85.1 Å². The molecule has 0 spiro atoms. The van der Waals surface area contributed by atoms with Gasteiger partial charge in [-0.05, 0) is 0 Å². The number of hydrogen-bond donors (Lipinski definition) is 5. The van der Waals surface area contributed by atoms with Crippen molar-refractivity contribution in [3.63, 3.8) is 0 Å². The van der Waals surface area contributed by atoms with Crippen LogP contribution in [0, 0.1) is 35.6 Å². The summed E-state index contributed by atoms with van der Waals surface area (Å²) in [5, 5.41) is 44.1. The summed E-state index contributed by atoms with van der Waals surface area (Å²) in [5.41, 5.74) is 0. The fraction of sp³-hybridized carbons (Fsp3) is 0.643. The number of carboxylic acid groups (broad SMARTS) is 5. The van der Waals surface area contributed by atoms with Crippen molar-refractivity contribution >= 4 is 29.8 Å². The quantitative estimate of drug-likeness (QED) is 0.138. The zero-order chi connectivity index (χ0) is 21.0. The molecule has 0 bridgehead atoms. The van der Waals surface area contributed by atoms with Crippen LogP contribution in [0.25, 0.3) is 0 Å². The van der Waals surface area contributed by atoms with Crippen LogP contribution in [0.4, 0.5) is 0 Å². The van der Waals surface area contributed by atoms with E-state index < -0.39 is 62.6 Å². The first-order chi connectivity index (χ1) is 12.5. The predicted octanol–water partition coefficient (Wildman–Crippen LogP) is -2.68. The molecule has 0 aliphatic carbocycles. The zero-order valence-electron chi connectivity index (χ0n) is 15.1. The molecule has 0 amide bonds. The first-order valence-corrected chi connectivity index (χ1v) is 7.75. The zero-order valence-corrected chi connectivity index (χ0v) is 18.7. The Morgan fingerprint density at radius 2 is 0.607 bits per heavy atom. The maximum atomic E-state index is 11.0. The summed E-state index contributed by atoms with van der Waals surface area (Å²) in [7, 11) is 0. The number of nitrogens with zero attached hydrogens (tertiary/aromatic N) is 3. The summed E-state index contributed by atoms with van der Waals surface area (Å²) in [6.07, 6.45) is 0. The average molecular weight is 532 g/mol. The van der Waals surface area contributed by atoms with E-state index in [2.05, 4.69) is 0 Å². The molecule has 154 valence electrons. The number of hydrogen-bond acceptors (Lipinski definition) is 8. The monoisotopic (exact) mass is 532 g/mol. The van der Waals surface area contributed by atoms with E-state index in [-0.39, 0.29) is 61.8 Å². The fourth-order valence-corrected chi connectivity index (χ4v) is 2.22. The van der Waals surface area contributed by atoms with Crippen LogP contribution in [0.5, 0.6) is 0 Å². The fourth-order valence-electron chi connectivity index (χ4n) is 2.22. The Hall–Kier alpha value is -1.58. The molecule has 0 unspecified atom stereocenters. The second-order valence-electron chi connectivity index (χ2n) is 5.67. The molecule has 5 N–H and O–H groups in total. The van der Waals surface area contributed by atoms with E-state index in [0.29, 0.717) is 0 Å². The van der Waals surface area contributed by atoms with E-state index in [1.165, 1.54) is 4.90 Å². The largest absolute Gasteiger partial charge is 3.00 e. The van der Waals surface area contributed by atoms with Gasteiger partial charge < -0.3 is 25.5 Å². The predicted molar refractivity (Wildman–Crippen MR) is 87.5 cm³/mol. The Bertz CT molecular complexity index is 487. The molecular weight excluding hydrogens is 509 g/mol. The summed E-state index contributed by atoms with van der Waals surface area (Å²) in [4.78, 5) is 57.6. The third-order valence-corrected chi connectivity index (χ3v) is 3.26. The van der Waals surface area contributed by atoms with E-state index >= 15 is 0 Å². The minimum Gasteiger partial charge on any atom is -0.480 e. The van der Waals surface area contributed by atoms with Crippen molar-refractivity contribution in [2.24, 2.45) is 0 Å². The van der Waals surface area contributed by atoms with Crippen molar-refractivity contribution in [1.82, 2.24) is 14.7 Å². The number of carboxylic acids is 5. The molecule has 0 aromatic rings. The Morgan fingerprint density at radius 1 is 0.429 bits per heavy atom. The summed E-state index contributed by atoms with van der Waals surface area (Å²) < 4.78 is 0. The van der Waals surface area contributed by atoms with Crippen LogP contribution in [0.2, 0.25) is 0 Å². The van der Waals surface area contributed by atoms with Gasteiger partial charge in [0.2, 0.25) is 0 Å². The first-order valence-electron chi connectivity index (χ1n) is 7.75. The standard InChI is InChI=1S/C14H23N3O10.La/c18-10(19)5-15(1-3-16(6-11(20)21)7-12(22)23)2-4-17(8-13(24)25)9-14(26)27;/h1-9H2,(H,18,19)(H,20,21)(H,22,23)(H,24,25)(H,26,27);/q;+3. The van der Waals surface area contributed by atoms with E-state index in [9.17, 15) is 24.0 Å². The molecule has 0 aliphatic rings. The maximum absolute atomic E-state index is 11.0. The molecule has 14 heteroatoms. The van der Waals surface area contributed by atoms with Crippen molar-refractivity contribution in [3.8, 4) is 0 Å². The van der Waals surface area contributed by atoms with Gasteiger partial charge in [-0.25, -0.2) is 0 Å². The van der Waals surface area contributed by atoms with Crippen LogP contribution in [0.3, 0.4) is 0 Å². The van der Waals surface area contributed by atoms with Gasteiger partial charge >= 0.3 is 65.4 Å². The van der Waals surface area contributed by atoms with Crippen molar-refractivity contribution in [2.45, 2.75) is 0 Å². The minimum absolute atomic E-state index is 0. The summed E-state index contributed by atoms with van der Waals surface area (Å²) in [6.45, 7) is -2.74. The third kappa shape index (κ3) is 16.6. The molecule has 0 atom stereocenters. The Morgan fingerprint density at radius 3 is 0.821 bits per heavy atom. The summed E-state index contributed by atoms with van der Waals surface area (Å²) >= 11 is 0. The average Bonchev–Trinajstić information content (AvgIpc) is 2.46. The second kappa shape index (κ2) is 15.4. The number of aliphatic carboxylic acids is 5. The SMILES string of the molecule is O=C(O)CN(CCN(CC(=O)O)CC(=O)O)CCN(CC(=O)O)CC(=O)O.[La+3]. The molecule has 13 nitrogen and oxygen atoms in total. The smallest absolute Gasteiger partial charge is 0.480 e. The molecule has 0 fully saturated rings. The molecule has 0 saturated heterocycles. The number of rotatable bonds is 16. The van der Waals surface area contributed by atoms with Crippen molar-refractivity contribution in [1.29, 1.82) is 0 Å². The van der Waals surface area contributed by atoms with Crippen LogP contribution in [0.15, 0.2) is 0 Å². The number of carbonyl (C=O) groups is 5. The van der Waals surface area contributed by atoms with Gasteiger partial charge in [-0.15, -0.1) is 0 Å². The van der Waals surface area contributed by atoms with Crippen molar-refractivity contribution in [3.05, 3.63) is 0 Å². The van der Waals surface area contributed by atoms with Crippen LogP contribution in [-0.2, 0) is 24.0 Å². The molecular formula is C14H23LaN3O10+3. The molecule has 0 aromatic heterocycles. The van der Waals surface area contributed by atoms with E-state index in [1.807, 2.05) is 0 Å². The second-order valence-corrected chi connectivity index (χ2v) is 5.67. The Labute approximate surface area is 188 Å². The normalized spacial score (nSPS) is 10.7. The van der Waals surface area contributed by atoms with E-state index in [0.717, 1.165) is 9.80 Å². The van der Waals surface area contributed by atoms with E-state index in [4.69, 9.17) is 25.5 Å². The van der Waals surface area contributed by atoms with Crippen molar-refractivity contribution in [2.75, 3.05) is 58.9 Å². The Balaban J connectivity index is 0. The van der Waals surface area contributed by atoms with Gasteiger partial charge in [-0.1, -0.05) is 0 Å². The molecule has 0 rings (SSSR count). The molecule has 28 heavy (non-hydrogen) atoms. The van der Waals surface area contributed by atoms with Gasteiger partial charge in [0.15, 0.2) is 0 Å². The maximum Gasteiger partial charge on any atom is 3.00 e. The molecule has 0 heterocycles. The van der Waals surface area contributed by atoms with Gasteiger partial charge in [-0.3, -0.25) is 38.7 Å². The van der Waals surface area contributed by atoms with Gasteiger partial charge in [0.05, 0.1) is 32.7 Å². The molecule has 0 radical (unpaired) electrons. The summed E-state index contributed by atoms with van der Waals surface area (Å²) in [6, 6.07) is 0. The van der Waals surface area contributed by atoms with Gasteiger partial charge in [0.25, 0.3) is 0 Å². The minimum atomic E-state index is -1.24. The van der Waals surface area contributed by atoms with Crippen LogP contribution < -0.4 is 0 Å². The van der Waals surface area contributed by atoms with Crippen LogP contribution in [-0.4, -0.2) is 129 Å². The first kappa shape index (κ1) is 28.6.